The fourth-order valence-electron chi connectivity index (χ4n) is 7.31. The Bertz CT molecular complexity index is 787. The van der Waals surface area contributed by atoms with E-state index in [0.29, 0.717) is 23.1 Å². The van der Waals surface area contributed by atoms with Crippen molar-refractivity contribution < 1.29 is 9.84 Å². The molecule has 3 fully saturated rings. The molecule has 5 rings (SSSR count). The van der Waals surface area contributed by atoms with E-state index in [9.17, 15) is 5.11 Å². The van der Waals surface area contributed by atoms with Gasteiger partial charge in [0.05, 0.1) is 13.2 Å². The number of aryl methyl sites for hydroxylation is 1. The standard InChI is InChI=1S/C26H37NO2/c1-26-13-11-23-22-9-7-21(28)16-18(22)5-8-24(23)25(26)10-6-19(26)12-15-29-17-20-4-3-14-27(20)2/h7,9,12,16,20,23-25,28H,3-6,8,10-11,13-15,17H2,1-2H3/t20-,23+,24+,25-,26+/m0/s1. The van der Waals surface area contributed by atoms with E-state index in [-0.39, 0.29) is 0 Å². The maximum Gasteiger partial charge on any atom is 0.115 e. The fourth-order valence-corrected chi connectivity index (χ4v) is 7.31. The molecule has 3 heteroatoms. The smallest absolute Gasteiger partial charge is 0.115 e. The summed E-state index contributed by atoms with van der Waals surface area (Å²) in [6.45, 7) is 5.44. The number of hydrogen-bond acceptors (Lipinski definition) is 3. The van der Waals surface area contributed by atoms with Crippen LogP contribution in [0.25, 0.3) is 0 Å². The highest BCUT2D eigenvalue weighted by Crippen LogP contribution is 2.62. The number of hydrogen-bond donors (Lipinski definition) is 1. The normalized spacial score (nSPS) is 38.1. The molecule has 4 aliphatic rings. The lowest BCUT2D eigenvalue weighted by Crippen LogP contribution is -2.40. The second kappa shape index (κ2) is 7.74. The predicted octanol–water partition coefficient (Wildman–Crippen LogP) is 5.29. The van der Waals surface area contributed by atoms with E-state index in [1.807, 2.05) is 12.1 Å². The lowest BCUT2D eigenvalue weighted by molar-refractivity contribution is 0.0789. The monoisotopic (exact) mass is 395 g/mol. The van der Waals surface area contributed by atoms with Crippen molar-refractivity contribution in [2.24, 2.45) is 17.3 Å². The molecule has 0 aromatic heterocycles. The molecule has 158 valence electrons. The fraction of sp³-hybridized carbons (Fsp3) is 0.692. The molecule has 1 heterocycles. The van der Waals surface area contributed by atoms with Crippen LogP contribution < -0.4 is 0 Å². The highest BCUT2D eigenvalue weighted by atomic mass is 16.5. The molecule has 0 radical (unpaired) electrons. The Hall–Kier alpha value is -1.32. The molecule has 3 aliphatic carbocycles. The second-order valence-corrected chi connectivity index (χ2v) is 10.3. The quantitative estimate of drug-likeness (QED) is 0.556. The van der Waals surface area contributed by atoms with E-state index in [2.05, 4.69) is 31.0 Å². The maximum atomic E-state index is 9.87. The van der Waals surface area contributed by atoms with Crippen molar-refractivity contribution in [1.29, 1.82) is 0 Å². The van der Waals surface area contributed by atoms with E-state index in [1.165, 1.54) is 62.6 Å². The van der Waals surface area contributed by atoms with Crippen molar-refractivity contribution in [3.05, 3.63) is 41.0 Å². The predicted molar refractivity (Wildman–Crippen MR) is 117 cm³/mol. The van der Waals surface area contributed by atoms with Gasteiger partial charge in [-0.25, -0.2) is 0 Å². The van der Waals surface area contributed by atoms with Gasteiger partial charge in [0, 0.05) is 6.04 Å². The number of phenols is 1. The van der Waals surface area contributed by atoms with Gasteiger partial charge in [-0.05, 0) is 111 Å². The Labute approximate surface area is 176 Å². The van der Waals surface area contributed by atoms with E-state index in [4.69, 9.17) is 4.74 Å². The summed E-state index contributed by atoms with van der Waals surface area (Å²) in [5.74, 6) is 2.75. The lowest BCUT2D eigenvalue weighted by atomic mass is 9.55. The first-order chi connectivity index (χ1) is 14.1. The molecule has 1 aromatic carbocycles. The third-order valence-electron chi connectivity index (χ3n) is 8.99. The van der Waals surface area contributed by atoms with Gasteiger partial charge < -0.3 is 14.7 Å². The van der Waals surface area contributed by atoms with Crippen LogP contribution in [0.2, 0.25) is 0 Å². The third kappa shape index (κ3) is 3.45. The molecular formula is C26H37NO2. The van der Waals surface area contributed by atoms with Crippen molar-refractivity contribution in [3.63, 3.8) is 0 Å². The van der Waals surface area contributed by atoms with Crippen LogP contribution in [0.4, 0.5) is 0 Å². The van der Waals surface area contributed by atoms with Crippen LogP contribution in [0, 0.1) is 17.3 Å². The van der Waals surface area contributed by atoms with E-state index in [0.717, 1.165) is 31.5 Å². The first-order valence-corrected chi connectivity index (χ1v) is 11.9. The van der Waals surface area contributed by atoms with Gasteiger partial charge in [0.25, 0.3) is 0 Å². The number of phenolic OH excluding ortho intramolecular Hbond substituents is 1. The molecule has 0 bridgehead atoms. The molecule has 2 saturated carbocycles. The van der Waals surface area contributed by atoms with Crippen molar-refractivity contribution in [2.45, 2.75) is 70.3 Å². The summed E-state index contributed by atoms with van der Waals surface area (Å²) in [6.07, 6.45) is 12.7. The molecule has 1 N–H and O–H groups in total. The van der Waals surface area contributed by atoms with E-state index < -0.39 is 0 Å². The average Bonchev–Trinajstić information content (AvgIpc) is 3.27. The molecule has 29 heavy (non-hydrogen) atoms. The summed E-state index contributed by atoms with van der Waals surface area (Å²) in [7, 11) is 2.23. The zero-order valence-corrected chi connectivity index (χ0v) is 18.2. The number of likely N-dealkylation sites (N-methyl/N-ethyl adjacent to an activating group) is 1. The summed E-state index contributed by atoms with van der Waals surface area (Å²) >= 11 is 0. The SMILES string of the molecule is CN1CCC[C@H]1COCC=C1CC[C@H]2[C@@H]3CCc4cc(O)ccc4[C@H]3CC[C@]12C. The minimum absolute atomic E-state index is 0.378. The minimum atomic E-state index is 0.378. The first kappa shape index (κ1) is 19.6. The van der Waals surface area contributed by atoms with Gasteiger partial charge in [-0.3, -0.25) is 0 Å². The molecule has 0 unspecified atom stereocenters. The molecule has 1 saturated heterocycles. The Morgan fingerprint density at radius 3 is 2.93 bits per heavy atom. The van der Waals surface area contributed by atoms with Gasteiger partial charge in [0.15, 0.2) is 0 Å². The van der Waals surface area contributed by atoms with Crippen LogP contribution in [0.1, 0.15) is 68.9 Å². The molecule has 0 spiro atoms. The van der Waals surface area contributed by atoms with Gasteiger partial charge in [0.1, 0.15) is 5.75 Å². The Morgan fingerprint density at radius 2 is 2.10 bits per heavy atom. The Morgan fingerprint density at radius 1 is 1.21 bits per heavy atom. The zero-order chi connectivity index (χ0) is 20.0. The Balaban J connectivity index is 1.26. The molecule has 1 aromatic rings. The number of benzene rings is 1. The molecule has 5 atom stereocenters. The van der Waals surface area contributed by atoms with Gasteiger partial charge in [-0.2, -0.15) is 0 Å². The summed E-state index contributed by atoms with van der Waals surface area (Å²) in [5.41, 5.74) is 4.98. The molecule has 0 amide bonds. The molecule has 3 nitrogen and oxygen atoms in total. The van der Waals surface area contributed by atoms with E-state index >= 15 is 0 Å². The Kier molecular flexibility index (Phi) is 5.24. The number of rotatable bonds is 4. The van der Waals surface area contributed by atoms with Crippen LogP contribution in [0.3, 0.4) is 0 Å². The second-order valence-electron chi connectivity index (χ2n) is 10.3. The van der Waals surface area contributed by atoms with Crippen molar-refractivity contribution >= 4 is 0 Å². The number of aromatic hydroxyl groups is 1. The molecule has 1 aliphatic heterocycles. The number of nitrogens with zero attached hydrogens (tertiary/aromatic N) is 1. The maximum absolute atomic E-state index is 9.87. The average molecular weight is 396 g/mol. The minimum Gasteiger partial charge on any atom is -0.508 e. The lowest BCUT2D eigenvalue weighted by Gasteiger charge is -2.49. The molecular weight excluding hydrogens is 358 g/mol. The summed E-state index contributed by atoms with van der Waals surface area (Å²) < 4.78 is 6.10. The number of allylic oxidation sites excluding steroid dienone is 1. The van der Waals surface area contributed by atoms with Gasteiger partial charge in [-0.1, -0.05) is 24.6 Å². The largest absolute Gasteiger partial charge is 0.508 e. The highest BCUT2D eigenvalue weighted by Gasteiger charge is 2.52. The highest BCUT2D eigenvalue weighted by molar-refractivity contribution is 5.40. The van der Waals surface area contributed by atoms with Gasteiger partial charge in [0.2, 0.25) is 0 Å². The van der Waals surface area contributed by atoms with Crippen molar-refractivity contribution in [1.82, 2.24) is 4.90 Å². The van der Waals surface area contributed by atoms with Crippen LogP contribution in [0.15, 0.2) is 29.8 Å². The number of fused-ring (bicyclic) bond motifs is 5. The number of likely N-dealkylation sites (tertiary alicyclic amines) is 1. The number of ether oxygens (including phenoxy) is 1. The first-order valence-electron chi connectivity index (χ1n) is 11.9. The summed E-state index contributed by atoms with van der Waals surface area (Å²) in [5, 5.41) is 9.87. The van der Waals surface area contributed by atoms with Crippen LogP contribution >= 0.6 is 0 Å². The van der Waals surface area contributed by atoms with Gasteiger partial charge >= 0.3 is 0 Å². The van der Waals surface area contributed by atoms with Gasteiger partial charge in [-0.15, -0.1) is 0 Å². The van der Waals surface area contributed by atoms with Crippen LogP contribution in [-0.4, -0.2) is 42.9 Å². The van der Waals surface area contributed by atoms with Crippen LogP contribution in [-0.2, 0) is 11.2 Å². The zero-order valence-electron chi connectivity index (χ0n) is 18.2. The topological polar surface area (TPSA) is 32.7 Å². The van der Waals surface area contributed by atoms with Crippen LogP contribution in [0.5, 0.6) is 5.75 Å². The van der Waals surface area contributed by atoms with E-state index in [1.54, 1.807) is 5.57 Å². The van der Waals surface area contributed by atoms with Crippen molar-refractivity contribution in [2.75, 3.05) is 26.8 Å². The summed E-state index contributed by atoms with van der Waals surface area (Å²) in [4.78, 5) is 2.45. The van der Waals surface area contributed by atoms with Crippen molar-refractivity contribution in [3.8, 4) is 5.75 Å². The summed E-state index contributed by atoms with van der Waals surface area (Å²) in [6, 6.07) is 6.74. The third-order valence-corrected chi connectivity index (χ3v) is 8.99.